The molecule has 0 radical (unpaired) electrons. The van der Waals surface area contributed by atoms with Crippen LogP contribution < -0.4 is 10.5 Å². The summed E-state index contributed by atoms with van der Waals surface area (Å²) in [5.41, 5.74) is 7.81. The summed E-state index contributed by atoms with van der Waals surface area (Å²) < 4.78 is 19.4. The Balaban J connectivity index is 1.91. The highest BCUT2D eigenvalue weighted by Gasteiger charge is 2.12. The highest BCUT2D eigenvalue weighted by atomic mass is 19.1. The van der Waals surface area contributed by atoms with Gasteiger partial charge in [-0.25, -0.2) is 4.39 Å². The Bertz CT molecular complexity index is 540. The Morgan fingerprint density at radius 2 is 1.85 bits per heavy atom. The minimum atomic E-state index is -0.348. The van der Waals surface area contributed by atoms with E-state index in [1.807, 2.05) is 25.1 Å². The molecule has 2 rings (SSSR count). The van der Waals surface area contributed by atoms with E-state index in [9.17, 15) is 4.39 Å². The number of nitrogens with two attached hydrogens (primary N) is 1. The van der Waals surface area contributed by atoms with Gasteiger partial charge in [0.05, 0.1) is 6.61 Å². The fourth-order valence-electron chi connectivity index (χ4n) is 2.13. The van der Waals surface area contributed by atoms with Crippen molar-refractivity contribution >= 4 is 0 Å². The smallest absolute Gasteiger partial charge is 0.165 e. The van der Waals surface area contributed by atoms with E-state index in [0.29, 0.717) is 12.2 Å². The van der Waals surface area contributed by atoms with Crippen LogP contribution in [0.5, 0.6) is 5.75 Å². The van der Waals surface area contributed by atoms with Gasteiger partial charge >= 0.3 is 0 Å². The van der Waals surface area contributed by atoms with Gasteiger partial charge in [0.25, 0.3) is 0 Å². The molecule has 0 amide bonds. The van der Waals surface area contributed by atoms with Crippen molar-refractivity contribution < 1.29 is 9.13 Å². The molecule has 0 saturated carbocycles. The zero-order chi connectivity index (χ0) is 14.4. The lowest BCUT2D eigenvalue weighted by atomic mass is 10.1. The Hall–Kier alpha value is -1.87. The summed E-state index contributed by atoms with van der Waals surface area (Å²) in [6.45, 7) is 2.31. The lowest BCUT2D eigenvalue weighted by Gasteiger charge is -2.14. The van der Waals surface area contributed by atoms with Gasteiger partial charge in [-0.1, -0.05) is 42.5 Å². The highest BCUT2D eigenvalue weighted by Crippen LogP contribution is 2.27. The van der Waals surface area contributed by atoms with Crippen LogP contribution in [0, 0.1) is 5.82 Å². The van der Waals surface area contributed by atoms with Crippen molar-refractivity contribution in [1.29, 1.82) is 0 Å². The Labute approximate surface area is 119 Å². The molecule has 2 nitrogen and oxygen atoms in total. The molecule has 0 fully saturated rings. The molecular weight excluding hydrogens is 253 g/mol. The summed E-state index contributed by atoms with van der Waals surface area (Å²) in [7, 11) is 0. The van der Waals surface area contributed by atoms with Crippen LogP contribution in [0.25, 0.3) is 0 Å². The molecule has 2 aromatic carbocycles. The van der Waals surface area contributed by atoms with Gasteiger partial charge in [-0.05, 0) is 31.4 Å². The number of ether oxygens (including phenoxy) is 1. The van der Waals surface area contributed by atoms with E-state index in [1.54, 1.807) is 12.1 Å². The molecule has 1 unspecified atom stereocenters. The standard InChI is InChI=1S/C17H20FNO/c1-13(19)15-10-5-11-16(18)17(15)20-12-6-9-14-7-3-2-4-8-14/h2-5,7-8,10-11,13H,6,9,12,19H2,1H3. The van der Waals surface area contributed by atoms with Crippen molar-refractivity contribution in [2.75, 3.05) is 6.61 Å². The van der Waals surface area contributed by atoms with Crippen molar-refractivity contribution in [2.45, 2.75) is 25.8 Å². The number of aryl methyl sites for hydroxylation is 1. The van der Waals surface area contributed by atoms with Gasteiger partial charge in [-0.15, -0.1) is 0 Å². The molecule has 1 atom stereocenters. The summed E-state index contributed by atoms with van der Waals surface area (Å²) in [5, 5.41) is 0. The molecule has 0 aliphatic rings. The van der Waals surface area contributed by atoms with Crippen LogP contribution in [0.3, 0.4) is 0 Å². The van der Waals surface area contributed by atoms with E-state index >= 15 is 0 Å². The molecule has 2 aromatic rings. The normalized spacial score (nSPS) is 12.2. The Kier molecular flexibility index (Phi) is 5.13. The minimum Gasteiger partial charge on any atom is -0.490 e. The second-order valence-electron chi connectivity index (χ2n) is 4.88. The molecule has 0 aliphatic heterocycles. The van der Waals surface area contributed by atoms with E-state index in [4.69, 9.17) is 10.5 Å². The summed E-state index contributed by atoms with van der Waals surface area (Å²) in [5.74, 6) is -0.0601. The summed E-state index contributed by atoms with van der Waals surface area (Å²) in [6, 6.07) is 14.8. The average Bonchev–Trinajstić information content (AvgIpc) is 2.45. The van der Waals surface area contributed by atoms with Gasteiger partial charge in [0, 0.05) is 11.6 Å². The number of hydrogen-bond acceptors (Lipinski definition) is 2. The van der Waals surface area contributed by atoms with Crippen molar-refractivity contribution in [3.05, 3.63) is 65.5 Å². The number of halogens is 1. The largest absolute Gasteiger partial charge is 0.490 e. The van der Waals surface area contributed by atoms with Crippen molar-refractivity contribution in [2.24, 2.45) is 5.73 Å². The molecule has 3 heteroatoms. The van der Waals surface area contributed by atoms with Gasteiger partial charge in [0.2, 0.25) is 0 Å². The van der Waals surface area contributed by atoms with Gasteiger partial charge in [0.15, 0.2) is 11.6 Å². The molecule has 0 spiro atoms. The quantitative estimate of drug-likeness (QED) is 0.811. The van der Waals surface area contributed by atoms with E-state index < -0.39 is 0 Å². The van der Waals surface area contributed by atoms with E-state index in [1.165, 1.54) is 11.6 Å². The molecule has 0 heterocycles. The fraction of sp³-hybridized carbons (Fsp3) is 0.294. The third-order valence-corrected chi connectivity index (χ3v) is 3.19. The number of benzene rings is 2. The molecule has 0 saturated heterocycles. The zero-order valence-electron chi connectivity index (χ0n) is 11.7. The predicted octanol–water partition coefficient (Wildman–Crippen LogP) is 3.86. The lowest BCUT2D eigenvalue weighted by Crippen LogP contribution is -2.10. The molecular formula is C17H20FNO. The summed E-state index contributed by atoms with van der Waals surface area (Å²) >= 11 is 0. The van der Waals surface area contributed by atoms with Gasteiger partial charge < -0.3 is 10.5 Å². The average molecular weight is 273 g/mol. The van der Waals surface area contributed by atoms with Gasteiger partial charge in [-0.2, -0.15) is 0 Å². The SMILES string of the molecule is CC(N)c1cccc(F)c1OCCCc1ccccc1. The number of rotatable bonds is 6. The first-order valence-corrected chi connectivity index (χ1v) is 6.89. The Morgan fingerprint density at radius 3 is 2.55 bits per heavy atom. The third kappa shape index (κ3) is 3.81. The zero-order valence-corrected chi connectivity index (χ0v) is 11.7. The summed E-state index contributed by atoms with van der Waals surface area (Å²) in [4.78, 5) is 0. The predicted molar refractivity (Wildman–Crippen MR) is 79.3 cm³/mol. The lowest BCUT2D eigenvalue weighted by molar-refractivity contribution is 0.291. The maximum atomic E-state index is 13.8. The van der Waals surface area contributed by atoms with Crippen LogP contribution in [0.2, 0.25) is 0 Å². The van der Waals surface area contributed by atoms with Crippen LogP contribution in [0.1, 0.15) is 30.5 Å². The minimum absolute atomic E-state index is 0.241. The number of hydrogen-bond donors (Lipinski definition) is 1. The van der Waals surface area contributed by atoms with Crippen LogP contribution in [-0.2, 0) is 6.42 Å². The first kappa shape index (κ1) is 14.5. The van der Waals surface area contributed by atoms with Crippen molar-refractivity contribution in [3.63, 3.8) is 0 Å². The maximum Gasteiger partial charge on any atom is 0.165 e. The molecule has 0 bridgehead atoms. The second-order valence-corrected chi connectivity index (χ2v) is 4.88. The molecule has 20 heavy (non-hydrogen) atoms. The van der Waals surface area contributed by atoms with E-state index in [0.717, 1.165) is 12.8 Å². The molecule has 0 aliphatic carbocycles. The van der Waals surface area contributed by atoms with E-state index in [2.05, 4.69) is 12.1 Å². The van der Waals surface area contributed by atoms with Crippen molar-refractivity contribution in [1.82, 2.24) is 0 Å². The Morgan fingerprint density at radius 1 is 1.10 bits per heavy atom. The van der Waals surface area contributed by atoms with Crippen molar-refractivity contribution in [3.8, 4) is 5.75 Å². The van der Waals surface area contributed by atoms with Crippen LogP contribution in [-0.4, -0.2) is 6.61 Å². The molecule has 0 aromatic heterocycles. The van der Waals surface area contributed by atoms with Gasteiger partial charge in [-0.3, -0.25) is 0 Å². The fourth-order valence-corrected chi connectivity index (χ4v) is 2.13. The number of para-hydroxylation sites is 1. The van der Waals surface area contributed by atoms with Gasteiger partial charge in [0.1, 0.15) is 0 Å². The monoisotopic (exact) mass is 273 g/mol. The van der Waals surface area contributed by atoms with E-state index in [-0.39, 0.29) is 17.6 Å². The third-order valence-electron chi connectivity index (χ3n) is 3.19. The second kappa shape index (κ2) is 7.06. The highest BCUT2D eigenvalue weighted by molar-refractivity contribution is 5.36. The first-order chi connectivity index (χ1) is 9.68. The first-order valence-electron chi connectivity index (χ1n) is 6.89. The van der Waals surface area contributed by atoms with Crippen LogP contribution in [0.15, 0.2) is 48.5 Å². The molecule has 106 valence electrons. The topological polar surface area (TPSA) is 35.2 Å². The summed E-state index contributed by atoms with van der Waals surface area (Å²) in [6.07, 6.45) is 1.76. The maximum absolute atomic E-state index is 13.8. The van der Waals surface area contributed by atoms with Crippen LogP contribution >= 0.6 is 0 Å². The van der Waals surface area contributed by atoms with Crippen LogP contribution in [0.4, 0.5) is 4.39 Å². The molecule has 2 N–H and O–H groups in total.